The zero-order valence-corrected chi connectivity index (χ0v) is 41.3. The Balaban J connectivity index is 0.798. The number of aliphatic hydroxyl groups is 1. The predicted octanol–water partition coefficient (Wildman–Crippen LogP) is 1.56. The SMILES string of the molecule is CC[C@@]1(O)COCc2c1cc1n(c2=O)Cc2c-1nc1cc(F)c(C)c3c1c2[C@@H](NC(=O)CCCNC(=O)CNC(=O)C(Cc1ccccc1)NC(=O)CNC(=O)CNC(=O)CCCCCN1C(=O)C=CC1=O)CC3. The number of pyridine rings is 2. The molecule has 21 heteroatoms. The molecule has 1 unspecified atom stereocenters. The van der Waals surface area contributed by atoms with Crippen LogP contribution in [0.2, 0.25) is 0 Å². The fraction of sp³-hybridized carbons (Fsp3) is 0.434. The van der Waals surface area contributed by atoms with E-state index in [9.17, 15) is 48.3 Å². The maximum Gasteiger partial charge on any atom is 0.257 e. The van der Waals surface area contributed by atoms with Crippen molar-refractivity contribution in [2.45, 2.75) is 109 Å². The van der Waals surface area contributed by atoms with Crippen molar-refractivity contribution in [3.05, 3.63) is 110 Å². The lowest BCUT2D eigenvalue weighted by Crippen LogP contribution is -2.52. The number of carbonyl (C=O) groups is 8. The third-order valence-electron chi connectivity index (χ3n) is 14.1. The van der Waals surface area contributed by atoms with Crippen molar-refractivity contribution in [3.63, 3.8) is 0 Å². The van der Waals surface area contributed by atoms with Gasteiger partial charge in [0.25, 0.3) is 17.4 Å². The Labute approximate surface area is 425 Å². The zero-order chi connectivity index (χ0) is 52.7. The summed E-state index contributed by atoms with van der Waals surface area (Å²) in [7, 11) is 0. The second-order valence-corrected chi connectivity index (χ2v) is 19.1. The van der Waals surface area contributed by atoms with Crippen LogP contribution in [0, 0.1) is 12.7 Å². The van der Waals surface area contributed by atoms with Crippen LogP contribution in [0.15, 0.2) is 59.4 Å². The number of ether oxygens (including phenoxy) is 1. The van der Waals surface area contributed by atoms with E-state index in [-0.39, 0.29) is 94.3 Å². The summed E-state index contributed by atoms with van der Waals surface area (Å²) in [6.45, 7) is 2.86. The average molecular weight is 1020 g/mol. The van der Waals surface area contributed by atoms with Crippen molar-refractivity contribution in [2.75, 3.05) is 39.3 Å². The molecular weight excluding hydrogens is 958 g/mol. The van der Waals surface area contributed by atoms with Crippen LogP contribution in [-0.2, 0) is 74.7 Å². The van der Waals surface area contributed by atoms with Crippen LogP contribution in [0.25, 0.3) is 22.3 Å². The van der Waals surface area contributed by atoms with Crippen molar-refractivity contribution in [1.29, 1.82) is 0 Å². The topological polar surface area (TPSA) is 276 Å². The Kier molecular flexibility index (Phi) is 16.4. The highest BCUT2D eigenvalue weighted by Crippen LogP contribution is 2.46. The first kappa shape index (κ1) is 52.7. The summed E-state index contributed by atoms with van der Waals surface area (Å²) in [5.41, 5.74) is 4.16. The highest BCUT2D eigenvalue weighted by Gasteiger charge is 2.40. The minimum Gasteiger partial charge on any atom is -0.383 e. The van der Waals surface area contributed by atoms with Crippen molar-refractivity contribution >= 4 is 58.2 Å². The van der Waals surface area contributed by atoms with Gasteiger partial charge in [0, 0.05) is 67.1 Å². The van der Waals surface area contributed by atoms with E-state index >= 15 is 4.39 Å². The summed E-state index contributed by atoms with van der Waals surface area (Å²) < 4.78 is 22.6. The van der Waals surface area contributed by atoms with E-state index < -0.39 is 60.2 Å². The summed E-state index contributed by atoms with van der Waals surface area (Å²) >= 11 is 0. The fourth-order valence-electron chi connectivity index (χ4n) is 10.0. The van der Waals surface area contributed by atoms with E-state index in [1.165, 1.54) is 18.2 Å². The first-order valence-corrected chi connectivity index (χ1v) is 25.0. The number of halogens is 1. The van der Waals surface area contributed by atoms with Crippen LogP contribution >= 0.6 is 0 Å². The van der Waals surface area contributed by atoms with Crippen molar-refractivity contribution in [1.82, 2.24) is 46.4 Å². The molecule has 4 aromatic rings. The summed E-state index contributed by atoms with van der Waals surface area (Å²) in [6, 6.07) is 10.4. The molecule has 0 bridgehead atoms. The number of unbranched alkanes of at least 4 members (excludes halogenated alkanes) is 2. The van der Waals surface area contributed by atoms with Crippen LogP contribution in [-0.4, -0.2) is 112 Å². The molecular formula is C53H60FN9O11. The van der Waals surface area contributed by atoms with Crippen molar-refractivity contribution in [2.24, 2.45) is 0 Å². The van der Waals surface area contributed by atoms with E-state index in [0.29, 0.717) is 72.1 Å². The minimum absolute atomic E-state index is 0.0397. The quantitative estimate of drug-likeness (QED) is 0.0385. The number of aromatic nitrogens is 2. The Morgan fingerprint density at radius 1 is 0.838 bits per heavy atom. The molecule has 5 heterocycles. The van der Waals surface area contributed by atoms with E-state index in [4.69, 9.17) is 9.72 Å². The lowest BCUT2D eigenvalue weighted by atomic mass is 9.81. The van der Waals surface area contributed by atoms with Gasteiger partial charge in [0.1, 0.15) is 17.5 Å². The first-order chi connectivity index (χ1) is 35.5. The lowest BCUT2D eigenvalue weighted by molar-refractivity contribution is -0.137. The third-order valence-corrected chi connectivity index (χ3v) is 14.1. The van der Waals surface area contributed by atoms with Crippen LogP contribution in [0.4, 0.5) is 4.39 Å². The molecule has 0 spiro atoms. The largest absolute Gasteiger partial charge is 0.383 e. The second kappa shape index (κ2) is 23.1. The van der Waals surface area contributed by atoms with Gasteiger partial charge in [-0.25, -0.2) is 9.37 Å². The standard InChI is InChI=1S/C53H60FN9O11/c1-3-53(73)29-74-28-34-35(53)22-40-50-33(27-63(40)52(34)72)49-37(16-15-32-30(2)36(54)23-38(61-50)48(32)49)59-42(65)14-10-19-55-43(66)25-58-51(71)39(21-31-11-6-4-7-12-31)60-45(68)26-57-44(67)24-56-41(64)13-8-5-9-20-62-46(69)17-18-47(62)70/h4,6-7,11-12,17-18,22-23,37,39,73H,3,5,8-10,13-16,19-21,24-29H2,1-2H3,(H,55,66)(H,56,64)(H,57,67)(H,58,71)(H,59,65)(H,60,68)/t37-,39?,53+/m0/s1. The zero-order valence-electron chi connectivity index (χ0n) is 41.3. The van der Waals surface area contributed by atoms with Crippen LogP contribution in [0.3, 0.4) is 0 Å². The summed E-state index contributed by atoms with van der Waals surface area (Å²) in [4.78, 5) is 121. The van der Waals surface area contributed by atoms with Crippen molar-refractivity contribution in [3.8, 4) is 11.4 Å². The molecule has 8 amide bonds. The van der Waals surface area contributed by atoms with Gasteiger partial charge in [-0.15, -0.1) is 0 Å². The number of nitrogens with one attached hydrogen (secondary N) is 6. The van der Waals surface area contributed by atoms with Crippen LogP contribution < -0.4 is 37.5 Å². The Morgan fingerprint density at radius 2 is 1.54 bits per heavy atom. The van der Waals surface area contributed by atoms with E-state index in [1.54, 1.807) is 47.9 Å². The molecule has 0 saturated carbocycles. The molecule has 3 atom stereocenters. The molecule has 390 valence electrons. The number of rotatable bonds is 22. The van der Waals surface area contributed by atoms with Gasteiger partial charge in [-0.1, -0.05) is 43.7 Å². The van der Waals surface area contributed by atoms with Gasteiger partial charge >= 0.3 is 0 Å². The number of fused-ring (bicyclic) bond motifs is 5. The number of aryl methyl sites for hydroxylation is 1. The maximum absolute atomic E-state index is 15.4. The molecule has 8 rings (SSSR count). The molecule has 3 aliphatic heterocycles. The summed E-state index contributed by atoms with van der Waals surface area (Å²) in [6.07, 6.45) is 5.77. The summed E-state index contributed by atoms with van der Waals surface area (Å²) in [5, 5.41) is 28.1. The Hall–Kier alpha value is -7.65. The van der Waals surface area contributed by atoms with E-state index in [1.807, 2.05) is 6.92 Å². The van der Waals surface area contributed by atoms with Crippen LogP contribution in [0.1, 0.15) is 103 Å². The molecule has 1 aliphatic carbocycles. The van der Waals surface area contributed by atoms with Crippen molar-refractivity contribution < 1.29 is 52.6 Å². The van der Waals surface area contributed by atoms with Gasteiger partial charge in [0.15, 0.2) is 0 Å². The molecule has 2 aromatic heterocycles. The van der Waals surface area contributed by atoms with Gasteiger partial charge < -0.3 is 46.3 Å². The van der Waals surface area contributed by atoms with Crippen LogP contribution in [0.5, 0.6) is 0 Å². The molecule has 7 N–H and O–H groups in total. The molecule has 74 heavy (non-hydrogen) atoms. The number of amides is 8. The third kappa shape index (κ3) is 11.7. The number of benzene rings is 2. The van der Waals surface area contributed by atoms with Gasteiger partial charge in [0.2, 0.25) is 35.4 Å². The number of imide groups is 1. The molecule has 0 fully saturated rings. The Morgan fingerprint density at radius 3 is 2.30 bits per heavy atom. The molecule has 0 saturated heterocycles. The Bertz CT molecular complexity index is 3000. The first-order valence-electron chi connectivity index (χ1n) is 25.0. The smallest absolute Gasteiger partial charge is 0.257 e. The maximum atomic E-state index is 15.4. The van der Waals surface area contributed by atoms with Gasteiger partial charge in [-0.2, -0.15) is 0 Å². The molecule has 4 aliphatic rings. The monoisotopic (exact) mass is 1020 g/mol. The highest BCUT2D eigenvalue weighted by atomic mass is 19.1. The van der Waals surface area contributed by atoms with Gasteiger partial charge in [-0.05, 0) is 79.3 Å². The predicted molar refractivity (Wildman–Crippen MR) is 266 cm³/mol. The second-order valence-electron chi connectivity index (χ2n) is 19.1. The van der Waals surface area contributed by atoms with E-state index in [0.717, 1.165) is 32.5 Å². The average Bonchev–Trinajstić information content (AvgIpc) is 3.92. The normalized spacial score (nSPS) is 17.5. The number of carbonyl (C=O) groups excluding carboxylic acids is 8. The molecule has 2 aromatic carbocycles. The molecule has 0 radical (unpaired) electrons. The van der Waals surface area contributed by atoms with E-state index in [2.05, 4.69) is 31.9 Å². The number of hydrogen-bond donors (Lipinski definition) is 7. The fourth-order valence-corrected chi connectivity index (χ4v) is 10.0. The van der Waals surface area contributed by atoms with Gasteiger partial charge in [0.05, 0.1) is 62.3 Å². The number of hydrogen-bond acceptors (Lipinski definition) is 12. The molecule has 20 nitrogen and oxygen atoms in total. The minimum atomic E-state index is -1.36. The summed E-state index contributed by atoms with van der Waals surface area (Å²) in [5.74, 6) is -4.32. The lowest BCUT2D eigenvalue weighted by Gasteiger charge is -2.33. The van der Waals surface area contributed by atoms with Gasteiger partial charge in [-0.3, -0.25) is 48.1 Å². The number of nitrogens with zero attached hydrogens (tertiary/aromatic N) is 3. The highest BCUT2D eigenvalue weighted by molar-refractivity contribution is 6.12.